The van der Waals surface area contributed by atoms with E-state index < -0.39 is 5.97 Å². The van der Waals surface area contributed by atoms with Crippen LogP contribution in [0.3, 0.4) is 0 Å². The number of hydrogen-bond acceptors (Lipinski definition) is 2. The first kappa shape index (κ1) is 9.67. The Hall–Kier alpha value is -0.420. The summed E-state index contributed by atoms with van der Waals surface area (Å²) in [6.45, 7) is 0. The molecule has 0 spiro atoms. The van der Waals surface area contributed by atoms with Gasteiger partial charge in [-0.25, -0.2) is 4.98 Å². The SMILES string of the molecule is O=C(O)Cc1nc(Br)ccc1Br. The monoisotopic (exact) mass is 293 g/mol. The Morgan fingerprint density at radius 1 is 1.50 bits per heavy atom. The molecule has 0 saturated carbocycles. The van der Waals surface area contributed by atoms with E-state index in [1.54, 1.807) is 12.1 Å². The molecule has 0 bridgehead atoms. The van der Waals surface area contributed by atoms with Crippen molar-refractivity contribution in [3.63, 3.8) is 0 Å². The van der Waals surface area contributed by atoms with Gasteiger partial charge >= 0.3 is 5.97 Å². The summed E-state index contributed by atoms with van der Waals surface area (Å²) in [4.78, 5) is 14.4. The van der Waals surface area contributed by atoms with E-state index >= 15 is 0 Å². The van der Waals surface area contributed by atoms with Crippen molar-refractivity contribution in [3.05, 3.63) is 26.9 Å². The fourth-order valence-corrected chi connectivity index (χ4v) is 1.43. The van der Waals surface area contributed by atoms with Gasteiger partial charge in [0, 0.05) is 4.47 Å². The highest BCUT2D eigenvalue weighted by Gasteiger charge is 2.06. The number of pyridine rings is 1. The molecule has 12 heavy (non-hydrogen) atoms. The Bertz CT molecular complexity index is 314. The lowest BCUT2D eigenvalue weighted by molar-refractivity contribution is -0.136. The van der Waals surface area contributed by atoms with Gasteiger partial charge in [0.25, 0.3) is 0 Å². The van der Waals surface area contributed by atoms with Gasteiger partial charge in [0.15, 0.2) is 0 Å². The zero-order valence-corrected chi connectivity index (χ0v) is 9.09. The molecule has 0 aliphatic heterocycles. The summed E-state index contributed by atoms with van der Waals surface area (Å²) in [5, 5.41) is 8.51. The van der Waals surface area contributed by atoms with Crippen LogP contribution >= 0.6 is 31.9 Å². The second kappa shape index (κ2) is 4.00. The standard InChI is InChI=1S/C7H5Br2NO2/c8-4-1-2-6(9)10-5(4)3-7(11)12/h1-2H,3H2,(H,11,12). The molecule has 1 N–H and O–H groups in total. The molecule has 0 aliphatic rings. The Morgan fingerprint density at radius 2 is 2.17 bits per heavy atom. The fraction of sp³-hybridized carbons (Fsp3) is 0.143. The van der Waals surface area contributed by atoms with Crippen LogP contribution in [0.5, 0.6) is 0 Å². The van der Waals surface area contributed by atoms with Crippen LogP contribution in [0.1, 0.15) is 5.69 Å². The normalized spacial score (nSPS) is 9.83. The minimum atomic E-state index is -0.888. The third-order valence-electron chi connectivity index (χ3n) is 1.20. The lowest BCUT2D eigenvalue weighted by Crippen LogP contribution is -2.03. The molecule has 1 heterocycles. The van der Waals surface area contributed by atoms with Gasteiger partial charge in [-0.1, -0.05) is 0 Å². The molecule has 0 unspecified atom stereocenters. The third-order valence-corrected chi connectivity index (χ3v) is 2.37. The molecule has 1 rings (SSSR count). The molecule has 0 aromatic carbocycles. The van der Waals surface area contributed by atoms with Crippen molar-refractivity contribution >= 4 is 37.8 Å². The lowest BCUT2D eigenvalue weighted by atomic mass is 10.3. The number of halogens is 2. The summed E-state index contributed by atoms with van der Waals surface area (Å²) < 4.78 is 1.36. The first-order chi connectivity index (χ1) is 5.59. The van der Waals surface area contributed by atoms with Crippen molar-refractivity contribution in [1.29, 1.82) is 0 Å². The van der Waals surface area contributed by atoms with E-state index in [2.05, 4.69) is 36.8 Å². The van der Waals surface area contributed by atoms with Crippen molar-refractivity contribution in [2.45, 2.75) is 6.42 Å². The van der Waals surface area contributed by atoms with Crippen LogP contribution in [0.15, 0.2) is 21.2 Å². The second-order valence-electron chi connectivity index (χ2n) is 2.13. The lowest BCUT2D eigenvalue weighted by Gasteiger charge is -1.99. The highest BCUT2D eigenvalue weighted by Crippen LogP contribution is 2.18. The molecule has 0 fully saturated rings. The minimum Gasteiger partial charge on any atom is -0.481 e. The molecule has 0 saturated heterocycles. The second-order valence-corrected chi connectivity index (χ2v) is 3.80. The number of carboxylic acids is 1. The molecule has 1 aromatic heterocycles. The average molecular weight is 295 g/mol. The highest BCUT2D eigenvalue weighted by molar-refractivity contribution is 9.11. The predicted octanol–water partition coefficient (Wildman–Crippen LogP) is 2.23. The predicted molar refractivity (Wildman–Crippen MR) is 51.0 cm³/mol. The van der Waals surface area contributed by atoms with E-state index in [0.717, 1.165) is 0 Å². The number of rotatable bonds is 2. The van der Waals surface area contributed by atoms with Gasteiger partial charge in [0.05, 0.1) is 12.1 Å². The van der Waals surface area contributed by atoms with Crippen LogP contribution in [0.4, 0.5) is 0 Å². The zero-order valence-electron chi connectivity index (χ0n) is 5.92. The quantitative estimate of drug-likeness (QED) is 0.851. The van der Waals surface area contributed by atoms with Gasteiger partial charge in [-0.3, -0.25) is 4.79 Å². The third kappa shape index (κ3) is 2.57. The molecule has 3 nitrogen and oxygen atoms in total. The van der Waals surface area contributed by atoms with Crippen LogP contribution in [-0.2, 0) is 11.2 Å². The average Bonchev–Trinajstić information content (AvgIpc) is 1.96. The summed E-state index contributed by atoms with van der Waals surface area (Å²) in [7, 11) is 0. The molecule has 64 valence electrons. The molecule has 0 amide bonds. The Kier molecular flexibility index (Phi) is 3.22. The molecule has 0 atom stereocenters. The van der Waals surface area contributed by atoms with Gasteiger partial charge in [-0.15, -0.1) is 0 Å². The van der Waals surface area contributed by atoms with Gasteiger partial charge in [-0.05, 0) is 44.0 Å². The van der Waals surface area contributed by atoms with Crippen LogP contribution in [-0.4, -0.2) is 16.1 Å². The van der Waals surface area contributed by atoms with Gasteiger partial charge in [-0.2, -0.15) is 0 Å². The maximum absolute atomic E-state index is 10.4. The Labute approximate surface area is 86.1 Å². The largest absolute Gasteiger partial charge is 0.481 e. The summed E-state index contributed by atoms with van der Waals surface area (Å²) in [5.41, 5.74) is 0.525. The molecule has 1 aromatic rings. The molecule has 0 aliphatic carbocycles. The Balaban J connectivity index is 2.97. The zero-order chi connectivity index (χ0) is 9.14. The van der Waals surface area contributed by atoms with E-state index in [1.807, 2.05) is 0 Å². The van der Waals surface area contributed by atoms with E-state index in [0.29, 0.717) is 14.8 Å². The van der Waals surface area contributed by atoms with Crippen LogP contribution < -0.4 is 0 Å². The molecular formula is C7H5Br2NO2. The number of carbonyl (C=O) groups is 1. The summed E-state index contributed by atoms with van der Waals surface area (Å²) in [5.74, 6) is -0.888. The first-order valence-corrected chi connectivity index (χ1v) is 4.71. The van der Waals surface area contributed by atoms with E-state index in [4.69, 9.17) is 5.11 Å². The summed E-state index contributed by atoms with van der Waals surface area (Å²) in [6.07, 6.45) is -0.0694. The number of hydrogen-bond donors (Lipinski definition) is 1. The first-order valence-electron chi connectivity index (χ1n) is 3.12. The van der Waals surface area contributed by atoms with Crippen LogP contribution in [0.2, 0.25) is 0 Å². The van der Waals surface area contributed by atoms with E-state index in [9.17, 15) is 4.79 Å². The van der Waals surface area contributed by atoms with Crippen molar-refractivity contribution in [2.24, 2.45) is 0 Å². The van der Waals surface area contributed by atoms with Crippen molar-refractivity contribution < 1.29 is 9.90 Å². The number of aliphatic carboxylic acids is 1. The number of aromatic nitrogens is 1. The van der Waals surface area contributed by atoms with Crippen LogP contribution in [0.25, 0.3) is 0 Å². The topological polar surface area (TPSA) is 50.2 Å². The summed E-state index contributed by atoms with van der Waals surface area (Å²) in [6, 6.07) is 3.50. The summed E-state index contributed by atoms with van der Waals surface area (Å²) >= 11 is 6.37. The molecular weight excluding hydrogens is 290 g/mol. The molecule has 5 heteroatoms. The van der Waals surface area contributed by atoms with Gasteiger partial charge in [0.1, 0.15) is 4.60 Å². The van der Waals surface area contributed by atoms with Crippen molar-refractivity contribution in [2.75, 3.05) is 0 Å². The van der Waals surface area contributed by atoms with Gasteiger partial charge < -0.3 is 5.11 Å². The van der Waals surface area contributed by atoms with E-state index in [1.165, 1.54) is 0 Å². The smallest absolute Gasteiger partial charge is 0.309 e. The molecule has 0 radical (unpaired) electrons. The highest BCUT2D eigenvalue weighted by atomic mass is 79.9. The maximum Gasteiger partial charge on any atom is 0.309 e. The number of carboxylic acid groups (broad SMARTS) is 1. The Morgan fingerprint density at radius 3 is 2.75 bits per heavy atom. The van der Waals surface area contributed by atoms with Crippen molar-refractivity contribution in [3.8, 4) is 0 Å². The van der Waals surface area contributed by atoms with Gasteiger partial charge in [0.2, 0.25) is 0 Å². The van der Waals surface area contributed by atoms with E-state index in [-0.39, 0.29) is 6.42 Å². The van der Waals surface area contributed by atoms with Crippen molar-refractivity contribution in [1.82, 2.24) is 4.98 Å². The van der Waals surface area contributed by atoms with Crippen LogP contribution in [0, 0.1) is 0 Å². The number of nitrogens with zero attached hydrogens (tertiary/aromatic N) is 1. The fourth-order valence-electron chi connectivity index (χ4n) is 0.725. The minimum absolute atomic E-state index is 0.0694. The maximum atomic E-state index is 10.4.